The van der Waals surface area contributed by atoms with E-state index < -0.39 is 12.0 Å². The fraction of sp³-hybridized carbons (Fsp3) is 0.444. The van der Waals surface area contributed by atoms with E-state index in [1.807, 2.05) is 6.08 Å². The van der Waals surface area contributed by atoms with Crippen LogP contribution in [0, 0.1) is 5.92 Å². The number of methoxy groups -OCH3 is 1. The molecule has 2 heterocycles. The molecule has 0 radical (unpaired) electrons. The van der Waals surface area contributed by atoms with E-state index in [1.54, 1.807) is 12.1 Å². The molecule has 25 heavy (non-hydrogen) atoms. The Morgan fingerprint density at radius 2 is 2.28 bits per heavy atom. The third kappa shape index (κ3) is 5.35. The van der Waals surface area contributed by atoms with Crippen molar-refractivity contribution in [3.8, 4) is 5.88 Å². The normalized spacial score (nSPS) is 21.1. The molecule has 1 aromatic heterocycles. The van der Waals surface area contributed by atoms with Gasteiger partial charge in [0.05, 0.1) is 25.6 Å². The van der Waals surface area contributed by atoms with E-state index in [0.717, 1.165) is 6.92 Å². The molecule has 1 aliphatic rings. The van der Waals surface area contributed by atoms with Crippen LogP contribution >= 0.6 is 0 Å². The third-order valence-electron chi connectivity index (χ3n) is 3.95. The largest absolute Gasteiger partial charge is 0.481 e. The van der Waals surface area contributed by atoms with E-state index in [2.05, 4.69) is 16.9 Å². The summed E-state index contributed by atoms with van der Waals surface area (Å²) in [6.07, 6.45) is 6.24. The van der Waals surface area contributed by atoms with Gasteiger partial charge >= 0.3 is 0 Å². The van der Waals surface area contributed by atoms with E-state index in [1.165, 1.54) is 19.4 Å². The van der Waals surface area contributed by atoms with Crippen LogP contribution in [0.2, 0.25) is 0 Å². The zero-order valence-corrected chi connectivity index (χ0v) is 14.3. The van der Waals surface area contributed by atoms with Crippen LogP contribution in [0.4, 0.5) is 14.5 Å². The Morgan fingerprint density at radius 1 is 1.52 bits per heavy atom. The van der Waals surface area contributed by atoms with Crippen LogP contribution in [-0.2, 0) is 9.53 Å². The molecule has 7 heteroatoms. The Hall–Kier alpha value is -2.28. The smallest absolute Gasteiger partial charge is 0.270 e. The van der Waals surface area contributed by atoms with Gasteiger partial charge in [0.2, 0.25) is 11.8 Å². The van der Waals surface area contributed by atoms with Gasteiger partial charge < -0.3 is 14.8 Å². The number of anilines is 1. The Bertz CT molecular complexity index is 648. The lowest BCUT2D eigenvalue weighted by molar-refractivity contribution is -0.148. The third-order valence-corrected chi connectivity index (χ3v) is 3.95. The van der Waals surface area contributed by atoms with Gasteiger partial charge in [-0.2, -0.15) is 0 Å². The summed E-state index contributed by atoms with van der Waals surface area (Å²) in [5, 5.41) is 2.63. The molecule has 1 aliphatic heterocycles. The highest BCUT2D eigenvalue weighted by atomic mass is 19.3. The molecule has 1 saturated heterocycles. The Kier molecular flexibility index (Phi) is 6.25. The summed E-state index contributed by atoms with van der Waals surface area (Å²) >= 11 is 0. The maximum absolute atomic E-state index is 13.3. The van der Waals surface area contributed by atoms with Gasteiger partial charge in [-0.15, -0.1) is 0 Å². The number of carbonyl (C=O) groups excluding carboxylic acids is 1. The predicted molar refractivity (Wildman–Crippen MR) is 91.7 cm³/mol. The van der Waals surface area contributed by atoms with Crippen molar-refractivity contribution in [1.82, 2.24) is 4.98 Å². The number of hydrogen-bond acceptors (Lipinski definition) is 4. The molecular formula is C18H22F2N2O3. The Labute approximate surface area is 145 Å². The second-order valence-corrected chi connectivity index (χ2v) is 5.99. The molecule has 2 rings (SSSR count). The number of hydrogen-bond donors (Lipinski definition) is 1. The van der Waals surface area contributed by atoms with E-state index >= 15 is 0 Å². The summed E-state index contributed by atoms with van der Waals surface area (Å²) in [4.78, 5) is 15.5. The first-order chi connectivity index (χ1) is 11.8. The summed E-state index contributed by atoms with van der Waals surface area (Å²) in [5.41, 5.74) is 1.18. The number of pyridine rings is 1. The highest BCUT2D eigenvalue weighted by Crippen LogP contribution is 2.31. The maximum Gasteiger partial charge on any atom is 0.270 e. The summed E-state index contributed by atoms with van der Waals surface area (Å²) in [5.74, 6) is -2.72. The van der Waals surface area contributed by atoms with Crippen LogP contribution in [0.5, 0.6) is 5.88 Å². The van der Waals surface area contributed by atoms with Crippen LogP contribution in [0.15, 0.2) is 31.0 Å². The summed E-state index contributed by atoms with van der Waals surface area (Å²) in [6.45, 7) is 4.52. The molecule has 0 saturated carbocycles. The number of rotatable bonds is 6. The number of aromatic nitrogens is 1. The van der Waals surface area contributed by atoms with Crippen molar-refractivity contribution in [2.45, 2.75) is 31.8 Å². The summed E-state index contributed by atoms with van der Waals surface area (Å²) in [7, 11) is 1.50. The van der Waals surface area contributed by atoms with Crippen molar-refractivity contribution in [2.24, 2.45) is 5.92 Å². The van der Waals surface area contributed by atoms with Crippen LogP contribution < -0.4 is 10.1 Å². The molecule has 1 N–H and O–H groups in total. The van der Waals surface area contributed by atoms with Gasteiger partial charge in [0.25, 0.3) is 5.92 Å². The molecule has 1 fully saturated rings. The fourth-order valence-corrected chi connectivity index (χ4v) is 2.58. The zero-order chi connectivity index (χ0) is 18.4. The fourth-order valence-electron chi connectivity index (χ4n) is 2.58. The van der Waals surface area contributed by atoms with Crippen LogP contribution in [0.3, 0.4) is 0 Å². The molecule has 0 aromatic carbocycles. The second-order valence-electron chi connectivity index (χ2n) is 5.99. The average Bonchev–Trinajstić information content (AvgIpc) is 2.59. The molecule has 1 aromatic rings. The molecule has 0 unspecified atom stereocenters. The van der Waals surface area contributed by atoms with Crippen molar-refractivity contribution in [2.75, 3.05) is 19.0 Å². The second kappa shape index (κ2) is 8.20. The number of carbonyl (C=O) groups is 1. The monoisotopic (exact) mass is 352 g/mol. The van der Waals surface area contributed by atoms with Crippen molar-refractivity contribution in [3.63, 3.8) is 0 Å². The molecule has 0 bridgehead atoms. The molecule has 2 atom stereocenters. The highest BCUT2D eigenvalue weighted by Gasteiger charge is 2.37. The quantitative estimate of drug-likeness (QED) is 0.794. The minimum Gasteiger partial charge on any atom is -0.481 e. The highest BCUT2D eigenvalue weighted by molar-refractivity contribution is 5.98. The van der Waals surface area contributed by atoms with Crippen LogP contribution in [0.1, 0.15) is 25.3 Å². The molecule has 5 nitrogen and oxygen atoms in total. The van der Waals surface area contributed by atoms with Crippen molar-refractivity contribution >= 4 is 17.7 Å². The minimum atomic E-state index is -2.82. The first-order valence-corrected chi connectivity index (χ1v) is 7.98. The standard InChI is InChI=1S/C18H22F2N2O3/c1-4-16(23)22-14-9-13(17(24-3)21-10-14)7-5-12-6-8-15(25-11-12)18(2,19)20/h4-5,7,9-10,12,15H,1,6,8,11H2,2-3H3,(H,22,23)/b7-5+/t12-,15+/m1/s1. The first kappa shape index (κ1) is 19.1. The van der Waals surface area contributed by atoms with Gasteiger partial charge in [-0.1, -0.05) is 18.7 Å². The van der Waals surface area contributed by atoms with Crippen LogP contribution in [-0.4, -0.2) is 36.6 Å². The number of halogens is 2. The van der Waals surface area contributed by atoms with Crippen molar-refractivity contribution in [1.29, 1.82) is 0 Å². The molecule has 0 spiro atoms. The molecule has 136 valence electrons. The van der Waals surface area contributed by atoms with E-state index in [4.69, 9.17) is 9.47 Å². The molecule has 0 aliphatic carbocycles. The van der Waals surface area contributed by atoms with Crippen LogP contribution in [0.25, 0.3) is 6.08 Å². The number of ether oxygens (including phenoxy) is 2. The lowest BCUT2D eigenvalue weighted by Crippen LogP contribution is -2.37. The van der Waals surface area contributed by atoms with Crippen molar-refractivity contribution in [3.05, 3.63) is 36.6 Å². The molecule has 1 amide bonds. The van der Waals surface area contributed by atoms with Gasteiger partial charge in [0, 0.05) is 18.4 Å². The lowest BCUT2D eigenvalue weighted by Gasteiger charge is -2.31. The number of nitrogens with one attached hydrogen (secondary N) is 1. The van der Waals surface area contributed by atoms with E-state index in [9.17, 15) is 13.6 Å². The lowest BCUT2D eigenvalue weighted by atomic mass is 9.95. The molecular weight excluding hydrogens is 330 g/mol. The number of nitrogens with zero attached hydrogens (tertiary/aromatic N) is 1. The average molecular weight is 352 g/mol. The van der Waals surface area contributed by atoms with Gasteiger partial charge in [-0.3, -0.25) is 4.79 Å². The Balaban J connectivity index is 2.05. The topological polar surface area (TPSA) is 60.5 Å². The van der Waals surface area contributed by atoms with Gasteiger partial charge in [-0.25, -0.2) is 13.8 Å². The zero-order valence-electron chi connectivity index (χ0n) is 14.3. The van der Waals surface area contributed by atoms with Gasteiger partial charge in [0.15, 0.2) is 0 Å². The first-order valence-electron chi connectivity index (χ1n) is 7.98. The van der Waals surface area contributed by atoms with E-state index in [-0.39, 0.29) is 18.4 Å². The Morgan fingerprint density at radius 3 is 2.84 bits per heavy atom. The number of alkyl halides is 2. The summed E-state index contributed by atoms with van der Waals surface area (Å²) in [6, 6.07) is 1.72. The van der Waals surface area contributed by atoms with E-state index in [0.29, 0.717) is 30.0 Å². The summed E-state index contributed by atoms with van der Waals surface area (Å²) < 4.78 is 37.0. The minimum absolute atomic E-state index is 0.0368. The maximum atomic E-state index is 13.3. The van der Waals surface area contributed by atoms with Crippen molar-refractivity contribution < 1.29 is 23.0 Å². The van der Waals surface area contributed by atoms with Gasteiger partial charge in [-0.05, 0) is 25.0 Å². The predicted octanol–water partition coefficient (Wildman–Crippen LogP) is 3.68. The number of amides is 1. The SMILES string of the molecule is C=CC(=O)Nc1cnc(OC)c(/C=C/[C@@H]2CC[C@@H](C(C)(F)F)OC2)c1. The van der Waals surface area contributed by atoms with Gasteiger partial charge in [0.1, 0.15) is 6.10 Å².